The van der Waals surface area contributed by atoms with Gasteiger partial charge in [0, 0.05) is 6.54 Å². The number of nitrogens with zero attached hydrogens (tertiary/aromatic N) is 2. The number of aromatic nitrogens is 2. The molecule has 20 heavy (non-hydrogen) atoms. The van der Waals surface area contributed by atoms with Crippen LogP contribution in [0.2, 0.25) is 0 Å². The molecule has 0 amide bonds. The van der Waals surface area contributed by atoms with Crippen LogP contribution < -0.4 is 0 Å². The van der Waals surface area contributed by atoms with Gasteiger partial charge in [0.15, 0.2) is 0 Å². The molecule has 0 saturated carbocycles. The molecule has 0 saturated heterocycles. The summed E-state index contributed by atoms with van der Waals surface area (Å²) in [6.45, 7) is 14.2. The van der Waals surface area contributed by atoms with Gasteiger partial charge >= 0.3 is 0 Å². The number of alkyl halides is 1. The highest BCUT2D eigenvalue weighted by molar-refractivity contribution is 6.20. The molecular weight excluding hydrogens is 268 g/mol. The molecule has 2 nitrogen and oxygen atoms in total. The standard InChI is InChI=1S/C17H25ClN2/c1-11-7-8-15-14(9-11)19-16(13(3)18)20(15)10-12(2)17(4,5)6/h7-9,12-13H,10H2,1-6H3. The van der Waals surface area contributed by atoms with Crippen molar-refractivity contribution >= 4 is 22.6 Å². The van der Waals surface area contributed by atoms with E-state index in [1.54, 1.807) is 0 Å². The number of rotatable bonds is 3. The molecule has 2 aromatic rings. The minimum absolute atomic E-state index is 0.0742. The predicted octanol–water partition coefficient (Wildman–Crippen LogP) is 5.33. The largest absolute Gasteiger partial charge is 0.326 e. The van der Waals surface area contributed by atoms with Gasteiger partial charge in [-0.2, -0.15) is 0 Å². The highest BCUT2D eigenvalue weighted by atomic mass is 35.5. The summed E-state index contributed by atoms with van der Waals surface area (Å²) in [6, 6.07) is 6.44. The summed E-state index contributed by atoms with van der Waals surface area (Å²) in [6.07, 6.45) is 0. The fraction of sp³-hybridized carbons (Fsp3) is 0.588. The lowest BCUT2D eigenvalue weighted by atomic mass is 9.82. The van der Waals surface area contributed by atoms with Crippen LogP contribution in [0.15, 0.2) is 18.2 Å². The maximum atomic E-state index is 6.33. The minimum atomic E-state index is -0.0742. The molecule has 110 valence electrons. The fourth-order valence-corrected chi connectivity index (χ4v) is 2.47. The number of benzene rings is 1. The van der Waals surface area contributed by atoms with Crippen molar-refractivity contribution in [2.75, 3.05) is 0 Å². The molecule has 0 bridgehead atoms. The predicted molar refractivity (Wildman–Crippen MR) is 87.4 cm³/mol. The molecular formula is C17H25ClN2. The van der Waals surface area contributed by atoms with Crippen LogP contribution in [0.5, 0.6) is 0 Å². The second-order valence-corrected chi connectivity index (χ2v) is 7.61. The summed E-state index contributed by atoms with van der Waals surface area (Å²) in [5.41, 5.74) is 3.75. The third-order valence-corrected chi connectivity index (χ3v) is 4.42. The number of imidazole rings is 1. The smallest absolute Gasteiger partial charge is 0.127 e. The second-order valence-electron chi connectivity index (χ2n) is 6.96. The normalized spacial score (nSPS) is 15.6. The lowest BCUT2D eigenvalue weighted by Gasteiger charge is -2.28. The molecule has 2 unspecified atom stereocenters. The summed E-state index contributed by atoms with van der Waals surface area (Å²) in [5.74, 6) is 1.53. The SMILES string of the molecule is Cc1ccc2c(c1)nc(C(C)Cl)n2CC(C)C(C)(C)C. The van der Waals surface area contributed by atoms with Crippen molar-refractivity contribution < 1.29 is 0 Å². The van der Waals surface area contributed by atoms with Gasteiger partial charge in [-0.3, -0.25) is 0 Å². The highest BCUT2D eigenvalue weighted by Gasteiger charge is 2.23. The van der Waals surface area contributed by atoms with Gasteiger partial charge in [0.25, 0.3) is 0 Å². The summed E-state index contributed by atoms with van der Waals surface area (Å²) < 4.78 is 2.29. The molecule has 2 atom stereocenters. The number of halogens is 1. The van der Waals surface area contributed by atoms with Crippen LogP contribution in [0.1, 0.15) is 51.4 Å². The van der Waals surface area contributed by atoms with Crippen LogP contribution >= 0.6 is 11.6 Å². The van der Waals surface area contributed by atoms with Gasteiger partial charge in [0.05, 0.1) is 16.4 Å². The van der Waals surface area contributed by atoms with E-state index in [-0.39, 0.29) is 10.8 Å². The van der Waals surface area contributed by atoms with E-state index in [1.165, 1.54) is 11.1 Å². The Morgan fingerprint density at radius 2 is 1.90 bits per heavy atom. The molecule has 3 heteroatoms. The van der Waals surface area contributed by atoms with Crippen molar-refractivity contribution in [2.45, 2.75) is 53.5 Å². The van der Waals surface area contributed by atoms with Gasteiger partial charge in [-0.05, 0) is 42.9 Å². The zero-order chi connectivity index (χ0) is 15.1. The molecule has 0 spiro atoms. The Balaban J connectivity index is 2.52. The maximum Gasteiger partial charge on any atom is 0.127 e. The number of fused-ring (bicyclic) bond motifs is 1. The first-order chi connectivity index (χ1) is 9.20. The average molecular weight is 293 g/mol. The molecule has 1 heterocycles. The first kappa shape index (κ1) is 15.4. The van der Waals surface area contributed by atoms with E-state index < -0.39 is 0 Å². The van der Waals surface area contributed by atoms with Crippen LogP contribution in [0.3, 0.4) is 0 Å². The van der Waals surface area contributed by atoms with E-state index in [0.717, 1.165) is 17.9 Å². The van der Waals surface area contributed by atoms with Crippen LogP contribution in [0, 0.1) is 18.3 Å². The van der Waals surface area contributed by atoms with Crippen molar-refractivity contribution in [3.63, 3.8) is 0 Å². The molecule has 2 rings (SSSR count). The van der Waals surface area contributed by atoms with Gasteiger partial charge in [0.2, 0.25) is 0 Å². The monoisotopic (exact) mass is 292 g/mol. The first-order valence-corrected chi connectivity index (χ1v) is 7.74. The van der Waals surface area contributed by atoms with Crippen LogP contribution in [-0.4, -0.2) is 9.55 Å². The Bertz CT molecular complexity index is 605. The Morgan fingerprint density at radius 3 is 2.45 bits per heavy atom. The Hall–Kier alpha value is -1.02. The lowest BCUT2D eigenvalue weighted by Crippen LogP contribution is -2.23. The van der Waals surface area contributed by atoms with Crippen LogP contribution in [0.25, 0.3) is 11.0 Å². The molecule has 0 radical (unpaired) electrons. The molecule has 0 fully saturated rings. The summed E-state index contributed by atoms with van der Waals surface area (Å²) in [4.78, 5) is 4.74. The van der Waals surface area contributed by atoms with E-state index in [9.17, 15) is 0 Å². The summed E-state index contributed by atoms with van der Waals surface area (Å²) >= 11 is 6.33. The van der Waals surface area contributed by atoms with Gasteiger partial charge in [0.1, 0.15) is 5.82 Å². The molecule has 0 aliphatic heterocycles. The van der Waals surface area contributed by atoms with E-state index >= 15 is 0 Å². The third kappa shape index (κ3) is 3.01. The van der Waals surface area contributed by atoms with Gasteiger partial charge in [-0.15, -0.1) is 11.6 Å². The first-order valence-electron chi connectivity index (χ1n) is 7.31. The molecule has 0 N–H and O–H groups in total. The van der Waals surface area contributed by atoms with E-state index in [1.807, 2.05) is 6.92 Å². The quantitative estimate of drug-likeness (QED) is 0.699. The topological polar surface area (TPSA) is 17.8 Å². The van der Waals surface area contributed by atoms with Gasteiger partial charge < -0.3 is 4.57 Å². The maximum absolute atomic E-state index is 6.33. The third-order valence-electron chi connectivity index (χ3n) is 4.22. The molecule has 0 aliphatic carbocycles. The van der Waals surface area contributed by atoms with Crippen molar-refractivity contribution in [1.29, 1.82) is 0 Å². The van der Waals surface area contributed by atoms with E-state index in [4.69, 9.17) is 16.6 Å². The molecule has 1 aromatic carbocycles. The highest BCUT2D eigenvalue weighted by Crippen LogP contribution is 2.31. The zero-order valence-electron chi connectivity index (χ0n) is 13.4. The number of aryl methyl sites for hydroxylation is 1. The Morgan fingerprint density at radius 1 is 1.25 bits per heavy atom. The lowest BCUT2D eigenvalue weighted by molar-refractivity contribution is 0.233. The molecule has 0 aliphatic rings. The Kier molecular flexibility index (Phi) is 4.15. The van der Waals surface area contributed by atoms with Crippen molar-refractivity contribution in [3.8, 4) is 0 Å². The van der Waals surface area contributed by atoms with Crippen molar-refractivity contribution in [2.24, 2.45) is 11.3 Å². The fourth-order valence-electron chi connectivity index (χ4n) is 2.30. The van der Waals surface area contributed by atoms with Crippen molar-refractivity contribution in [3.05, 3.63) is 29.6 Å². The van der Waals surface area contributed by atoms with Gasteiger partial charge in [-0.25, -0.2) is 4.98 Å². The van der Waals surface area contributed by atoms with Gasteiger partial charge in [-0.1, -0.05) is 33.8 Å². The minimum Gasteiger partial charge on any atom is -0.326 e. The summed E-state index contributed by atoms with van der Waals surface area (Å²) in [7, 11) is 0. The van der Waals surface area contributed by atoms with Crippen molar-refractivity contribution in [1.82, 2.24) is 9.55 Å². The zero-order valence-corrected chi connectivity index (χ0v) is 14.1. The summed E-state index contributed by atoms with van der Waals surface area (Å²) in [5, 5.41) is -0.0742. The number of hydrogen-bond donors (Lipinski definition) is 0. The molecule has 1 aromatic heterocycles. The number of hydrogen-bond acceptors (Lipinski definition) is 1. The van der Waals surface area contributed by atoms with Crippen LogP contribution in [0.4, 0.5) is 0 Å². The Labute approximate surface area is 127 Å². The van der Waals surface area contributed by atoms with E-state index in [2.05, 4.69) is 57.4 Å². The van der Waals surface area contributed by atoms with Crippen LogP contribution in [-0.2, 0) is 6.54 Å². The average Bonchev–Trinajstić information content (AvgIpc) is 2.66. The van der Waals surface area contributed by atoms with E-state index in [0.29, 0.717) is 5.92 Å². The second kappa shape index (κ2) is 5.40.